The number of hydrazine groups is 1. The SMILES string of the molecule is CCC(CC)N1C(=O)CC(NN2CCN(C)CC2)C1=O. The number of likely N-dealkylation sites (tertiary alicyclic amines) is 1. The maximum absolute atomic E-state index is 12.4. The van der Waals surface area contributed by atoms with Crippen molar-refractivity contribution in [3.63, 3.8) is 0 Å². The average molecular weight is 282 g/mol. The van der Waals surface area contributed by atoms with Gasteiger partial charge in [0, 0.05) is 32.2 Å². The Morgan fingerprint density at radius 3 is 2.30 bits per heavy atom. The minimum absolute atomic E-state index is 0.0321. The monoisotopic (exact) mass is 282 g/mol. The fourth-order valence-electron chi connectivity index (χ4n) is 2.95. The second kappa shape index (κ2) is 6.65. The van der Waals surface area contributed by atoms with Crippen LogP contribution in [0.25, 0.3) is 0 Å². The molecule has 0 aromatic heterocycles. The van der Waals surface area contributed by atoms with E-state index in [9.17, 15) is 9.59 Å². The summed E-state index contributed by atoms with van der Waals surface area (Å²) in [5, 5.41) is 2.08. The van der Waals surface area contributed by atoms with Crippen molar-refractivity contribution in [1.29, 1.82) is 0 Å². The number of nitrogens with one attached hydrogen (secondary N) is 1. The van der Waals surface area contributed by atoms with Crippen molar-refractivity contribution in [2.45, 2.75) is 45.2 Å². The lowest BCUT2D eigenvalue weighted by atomic mass is 10.1. The molecule has 2 saturated heterocycles. The zero-order valence-corrected chi connectivity index (χ0v) is 12.8. The van der Waals surface area contributed by atoms with Crippen molar-refractivity contribution < 1.29 is 9.59 Å². The van der Waals surface area contributed by atoms with Crippen LogP contribution in [0.1, 0.15) is 33.1 Å². The highest BCUT2D eigenvalue weighted by molar-refractivity contribution is 6.05. The number of nitrogens with zero attached hydrogens (tertiary/aromatic N) is 3. The minimum atomic E-state index is -0.369. The Kier molecular flexibility index (Phi) is 5.12. The summed E-state index contributed by atoms with van der Waals surface area (Å²) < 4.78 is 0. The van der Waals surface area contributed by atoms with E-state index >= 15 is 0 Å². The summed E-state index contributed by atoms with van der Waals surface area (Å²) >= 11 is 0. The number of hydrogen-bond acceptors (Lipinski definition) is 5. The molecule has 2 heterocycles. The number of hydrogen-bond donors (Lipinski definition) is 1. The maximum atomic E-state index is 12.4. The number of imide groups is 1. The van der Waals surface area contributed by atoms with Crippen LogP contribution in [0, 0.1) is 0 Å². The third-order valence-electron chi connectivity index (χ3n) is 4.33. The molecule has 0 aromatic rings. The van der Waals surface area contributed by atoms with E-state index in [1.165, 1.54) is 4.90 Å². The first-order valence-electron chi connectivity index (χ1n) is 7.62. The topological polar surface area (TPSA) is 55.9 Å². The Labute approximate surface area is 121 Å². The van der Waals surface area contributed by atoms with Crippen molar-refractivity contribution >= 4 is 11.8 Å². The first-order valence-corrected chi connectivity index (χ1v) is 7.62. The molecule has 0 bridgehead atoms. The molecule has 2 aliphatic heterocycles. The summed E-state index contributed by atoms with van der Waals surface area (Å²) in [5.74, 6) is -0.0852. The second-order valence-corrected chi connectivity index (χ2v) is 5.75. The third-order valence-corrected chi connectivity index (χ3v) is 4.33. The standard InChI is InChI=1S/C14H26N4O2/c1-4-11(5-2)18-13(19)10-12(14(18)20)15-17-8-6-16(3)7-9-17/h11-12,15H,4-10H2,1-3H3. The van der Waals surface area contributed by atoms with Gasteiger partial charge in [0.25, 0.3) is 0 Å². The molecular formula is C14H26N4O2. The van der Waals surface area contributed by atoms with Crippen molar-refractivity contribution in [2.75, 3.05) is 33.2 Å². The molecule has 0 spiro atoms. The molecule has 6 nitrogen and oxygen atoms in total. The summed E-state index contributed by atoms with van der Waals surface area (Å²) in [6.07, 6.45) is 1.95. The van der Waals surface area contributed by atoms with Crippen LogP contribution in [0.3, 0.4) is 0 Å². The minimum Gasteiger partial charge on any atom is -0.304 e. The molecule has 2 aliphatic rings. The maximum Gasteiger partial charge on any atom is 0.248 e. The first-order chi connectivity index (χ1) is 9.56. The van der Waals surface area contributed by atoms with Crippen LogP contribution >= 0.6 is 0 Å². The summed E-state index contributed by atoms with van der Waals surface area (Å²) in [5.41, 5.74) is 3.25. The Morgan fingerprint density at radius 2 is 1.75 bits per heavy atom. The molecule has 0 saturated carbocycles. The molecule has 20 heavy (non-hydrogen) atoms. The molecule has 0 radical (unpaired) electrons. The molecular weight excluding hydrogens is 256 g/mol. The van der Waals surface area contributed by atoms with Crippen molar-refractivity contribution in [3.05, 3.63) is 0 Å². The van der Waals surface area contributed by atoms with Gasteiger partial charge in [-0.25, -0.2) is 10.4 Å². The molecule has 2 rings (SSSR count). The highest BCUT2D eigenvalue weighted by Gasteiger charge is 2.42. The van der Waals surface area contributed by atoms with Gasteiger partial charge in [0.1, 0.15) is 6.04 Å². The molecule has 2 fully saturated rings. The zero-order valence-electron chi connectivity index (χ0n) is 12.8. The van der Waals surface area contributed by atoms with Gasteiger partial charge in [-0.3, -0.25) is 14.5 Å². The van der Waals surface area contributed by atoms with Gasteiger partial charge in [0.05, 0.1) is 6.42 Å². The molecule has 6 heteroatoms. The smallest absolute Gasteiger partial charge is 0.248 e. The molecule has 1 N–H and O–H groups in total. The summed E-state index contributed by atoms with van der Waals surface area (Å²) in [4.78, 5) is 28.2. The number of carbonyl (C=O) groups is 2. The van der Waals surface area contributed by atoms with Crippen LogP contribution in [-0.2, 0) is 9.59 Å². The lowest BCUT2D eigenvalue weighted by molar-refractivity contribution is -0.142. The molecule has 1 atom stereocenters. The van der Waals surface area contributed by atoms with E-state index in [4.69, 9.17) is 0 Å². The predicted octanol–water partition coefficient (Wildman–Crippen LogP) is 0.0545. The van der Waals surface area contributed by atoms with Crippen LogP contribution in [0.4, 0.5) is 0 Å². The largest absolute Gasteiger partial charge is 0.304 e. The van der Waals surface area contributed by atoms with Gasteiger partial charge in [-0.2, -0.15) is 0 Å². The predicted molar refractivity (Wildman–Crippen MR) is 76.8 cm³/mol. The van der Waals surface area contributed by atoms with E-state index in [-0.39, 0.29) is 23.9 Å². The third kappa shape index (κ3) is 3.19. The van der Waals surface area contributed by atoms with Crippen LogP contribution in [0.2, 0.25) is 0 Å². The van der Waals surface area contributed by atoms with Gasteiger partial charge < -0.3 is 4.90 Å². The summed E-state index contributed by atoms with van der Waals surface area (Å²) in [7, 11) is 2.09. The summed E-state index contributed by atoms with van der Waals surface area (Å²) in [6.45, 7) is 7.79. The van der Waals surface area contributed by atoms with Crippen molar-refractivity contribution in [2.24, 2.45) is 0 Å². The number of carbonyl (C=O) groups excluding carboxylic acids is 2. The van der Waals surface area contributed by atoms with Crippen LogP contribution < -0.4 is 5.43 Å². The molecule has 0 aromatic carbocycles. The fraction of sp³-hybridized carbons (Fsp3) is 0.857. The quantitative estimate of drug-likeness (QED) is 0.722. The highest BCUT2D eigenvalue weighted by atomic mass is 16.2. The van der Waals surface area contributed by atoms with E-state index in [1.807, 2.05) is 13.8 Å². The lowest BCUT2D eigenvalue weighted by Crippen LogP contribution is -2.55. The molecule has 0 aliphatic carbocycles. The number of rotatable bonds is 5. The fourth-order valence-corrected chi connectivity index (χ4v) is 2.95. The Balaban J connectivity index is 1.94. The lowest BCUT2D eigenvalue weighted by Gasteiger charge is -2.34. The second-order valence-electron chi connectivity index (χ2n) is 5.75. The van der Waals surface area contributed by atoms with Crippen LogP contribution in [0.15, 0.2) is 0 Å². The van der Waals surface area contributed by atoms with E-state index in [1.54, 1.807) is 0 Å². The summed E-state index contributed by atoms with van der Waals surface area (Å²) in [6, 6.07) is -0.319. The first kappa shape index (κ1) is 15.4. The van der Waals surface area contributed by atoms with Gasteiger partial charge in [0.15, 0.2) is 0 Å². The molecule has 114 valence electrons. The van der Waals surface area contributed by atoms with E-state index < -0.39 is 0 Å². The number of likely N-dealkylation sites (N-methyl/N-ethyl adjacent to an activating group) is 1. The Morgan fingerprint density at radius 1 is 1.15 bits per heavy atom. The molecule has 2 amide bonds. The highest BCUT2D eigenvalue weighted by Crippen LogP contribution is 2.20. The van der Waals surface area contributed by atoms with Crippen LogP contribution in [0.5, 0.6) is 0 Å². The van der Waals surface area contributed by atoms with E-state index in [2.05, 4.69) is 22.4 Å². The Bertz CT molecular complexity index is 362. The van der Waals surface area contributed by atoms with E-state index in [0.29, 0.717) is 6.42 Å². The van der Waals surface area contributed by atoms with Gasteiger partial charge in [0.2, 0.25) is 11.8 Å². The zero-order chi connectivity index (χ0) is 14.7. The van der Waals surface area contributed by atoms with Crippen molar-refractivity contribution in [3.8, 4) is 0 Å². The Hall–Kier alpha value is -0.980. The van der Waals surface area contributed by atoms with Gasteiger partial charge in [-0.05, 0) is 19.9 Å². The number of amides is 2. The number of piperazine rings is 1. The van der Waals surface area contributed by atoms with E-state index in [0.717, 1.165) is 39.0 Å². The molecule has 1 unspecified atom stereocenters. The van der Waals surface area contributed by atoms with Gasteiger partial charge >= 0.3 is 0 Å². The van der Waals surface area contributed by atoms with Crippen molar-refractivity contribution in [1.82, 2.24) is 20.2 Å². The average Bonchev–Trinajstić information content (AvgIpc) is 2.71. The van der Waals surface area contributed by atoms with Gasteiger partial charge in [-0.15, -0.1) is 0 Å². The van der Waals surface area contributed by atoms with Crippen LogP contribution in [-0.4, -0.2) is 71.9 Å². The van der Waals surface area contributed by atoms with Gasteiger partial charge in [-0.1, -0.05) is 13.8 Å². The normalized spacial score (nSPS) is 26.0.